The largest absolute Gasteiger partial charge is 0.383 e. The van der Waals surface area contributed by atoms with E-state index in [0.717, 1.165) is 39.3 Å². The zero-order chi connectivity index (χ0) is 10.8. The molecule has 0 unspecified atom stereocenters. The first-order valence-corrected chi connectivity index (χ1v) is 6.11. The van der Waals surface area contributed by atoms with Crippen molar-refractivity contribution in [1.29, 1.82) is 0 Å². The molecule has 1 aromatic rings. The van der Waals surface area contributed by atoms with Crippen molar-refractivity contribution < 1.29 is 9.47 Å². The van der Waals surface area contributed by atoms with Gasteiger partial charge in [0.25, 0.3) is 0 Å². The summed E-state index contributed by atoms with van der Waals surface area (Å²) >= 11 is 1.74. The molecular formula is C11H19NO2S. The highest BCUT2D eigenvalue weighted by Gasteiger charge is 1.93. The van der Waals surface area contributed by atoms with Crippen LogP contribution in [0.1, 0.15) is 11.3 Å². The van der Waals surface area contributed by atoms with Gasteiger partial charge in [0.05, 0.1) is 13.2 Å². The molecule has 15 heavy (non-hydrogen) atoms. The van der Waals surface area contributed by atoms with E-state index in [1.807, 2.05) is 0 Å². The predicted molar refractivity (Wildman–Crippen MR) is 63.3 cm³/mol. The molecule has 0 aliphatic carbocycles. The van der Waals surface area contributed by atoms with Crippen LogP contribution in [0.15, 0.2) is 17.5 Å². The molecule has 1 N–H and O–H groups in total. The summed E-state index contributed by atoms with van der Waals surface area (Å²) in [4.78, 5) is 1.29. The second kappa shape index (κ2) is 8.85. The second-order valence-electron chi connectivity index (χ2n) is 3.23. The number of rotatable bonds is 9. The molecule has 0 atom stereocenters. The number of nitrogens with one attached hydrogen (secondary N) is 1. The monoisotopic (exact) mass is 229 g/mol. The number of hydrogen-bond acceptors (Lipinski definition) is 4. The molecule has 86 valence electrons. The molecule has 0 spiro atoms. The van der Waals surface area contributed by atoms with Crippen molar-refractivity contribution in [2.45, 2.75) is 13.0 Å². The first-order valence-electron chi connectivity index (χ1n) is 5.23. The van der Waals surface area contributed by atoms with Crippen molar-refractivity contribution in [3.63, 3.8) is 0 Å². The van der Waals surface area contributed by atoms with E-state index in [-0.39, 0.29) is 0 Å². The van der Waals surface area contributed by atoms with Crippen LogP contribution >= 0.6 is 11.3 Å². The SMILES string of the molecule is COCCNCCCOCc1cccs1. The van der Waals surface area contributed by atoms with Crippen LogP contribution in [0.25, 0.3) is 0 Å². The summed E-state index contributed by atoms with van der Waals surface area (Å²) in [7, 11) is 1.71. The van der Waals surface area contributed by atoms with Crippen molar-refractivity contribution in [1.82, 2.24) is 5.32 Å². The van der Waals surface area contributed by atoms with Crippen molar-refractivity contribution in [2.24, 2.45) is 0 Å². The summed E-state index contributed by atoms with van der Waals surface area (Å²) in [5.74, 6) is 0. The Morgan fingerprint density at radius 1 is 1.33 bits per heavy atom. The molecule has 0 aliphatic rings. The Labute approximate surface area is 95.4 Å². The maximum Gasteiger partial charge on any atom is 0.0809 e. The number of methoxy groups -OCH3 is 1. The lowest BCUT2D eigenvalue weighted by Crippen LogP contribution is -2.21. The fourth-order valence-corrected chi connectivity index (χ4v) is 1.81. The average molecular weight is 229 g/mol. The van der Waals surface area contributed by atoms with Crippen LogP contribution in [0.4, 0.5) is 0 Å². The molecule has 0 saturated carbocycles. The molecule has 3 nitrogen and oxygen atoms in total. The molecular weight excluding hydrogens is 210 g/mol. The van der Waals surface area contributed by atoms with Crippen LogP contribution in [0.3, 0.4) is 0 Å². The minimum Gasteiger partial charge on any atom is -0.383 e. The van der Waals surface area contributed by atoms with Crippen molar-refractivity contribution in [2.75, 3.05) is 33.4 Å². The van der Waals surface area contributed by atoms with Crippen molar-refractivity contribution >= 4 is 11.3 Å². The Bertz CT molecular complexity index is 227. The summed E-state index contributed by atoms with van der Waals surface area (Å²) in [6, 6.07) is 4.15. The van der Waals surface area contributed by atoms with E-state index in [9.17, 15) is 0 Å². The fraction of sp³-hybridized carbons (Fsp3) is 0.636. The Hall–Kier alpha value is -0.420. The maximum atomic E-state index is 5.52. The standard InChI is InChI=1S/C11H19NO2S/c1-13-8-6-12-5-3-7-14-10-11-4-2-9-15-11/h2,4,9,12H,3,5-8,10H2,1H3. The van der Waals surface area contributed by atoms with Gasteiger partial charge >= 0.3 is 0 Å². The van der Waals surface area contributed by atoms with Crippen LogP contribution < -0.4 is 5.32 Å². The zero-order valence-electron chi connectivity index (χ0n) is 9.20. The van der Waals surface area contributed by atoms with Crippen LogP contribution in [-0.2, 0) is 16.1 Å². The van der Waals surface area contributed by atoms with Crippen molar-refractivity contribution in [3.8, 4) is 0 Å². The van der Waals surface area contributed by atoms with Crippen LogP contribution in [0.5, 0.6) is 0 Å². The average Bonchev–Trinajstić information content (AvgIpc) is 2.75. The van der Waals surface area contributed by atoms with Gasteiger partial charge in [0.15, 0.2) is 0 Å². The minimum absolute atomic E-state index is 0.746. The Balaban J connectivity index is 1.81. The third kappa shape index (κ3) is 6.62. The van der Waals surface area contributed by atoms with Gasteiger partial charge in [-0.1, -0.05) is 6.07 Å². The molecule has 1 rings (SSSR count). The van der Waals surface area contributed by atoms with E-state index in [1.54, 1.807) is 18.4 Å². The minimum atomic E-state index is 0.746. The molecule has 0 amide bonds. The number of ether oxygens (including phenoxy) is 2. The zero-order valence-corrected chi connectivity index (χ0v) is 10.0. The molecule has 0 aromatic carbocycles. The molecule has 1 heterocycles. The summed E-state index contributed by atoms with van der Waals surface area (Å²) in [6.45, 7) is 4.25. The van der Waals surface area contributed by atoms with Gasteiger partial charge in [-0.25, -0.2) is 0 Å². The van der Waals surface area contributed by atoms with Crippen LogP contribution in [0, 0.1) is 0 Å². The quantitative estimate of drug-likeness (QED) is 0.656. The third-order valence-corrected chi connectivity index (χ3v) is 2.80. The normalized spacial score (nSPS) is 10.7. The van der Waals surface area contributed by atoms with Gasteiger partial charge in [-0.15, -0.1) is 11.3 Å². The Morgan fingerprint density at radius 2 is 2.27 bits per heavy atom. The third-order valence-electron chi connectivity index (χ3n) is 1.95. The summed E-state index contributed by atoms with van der Waals surface area (Å²) in [6.07, 6.45) is 1.05. The van der Waals surface area contributed by atoms with Gasteiger partial charge in [-0.3, -0.25) is 0 Å². The smallest absolute Gasteiger partial charge is 0.0809 e. The Morgan fingerprint density at radius 3 is 3.00 bits per heavy atom. The van der Waals surface area contributed by atoms with Gasteiger partial charge in [0, 0.05) is 25.1 Å². The highest BCUT2D eigenvalue weighted by atomic mass is 32.1. The highest BCUT2D eigenvalue weighted by Crippen LogP contribution is 2.09. The van der Waals surface area contributed by atoms with Crippen molar-refractivity contribution in [3.05, 3.63) is 22.4 Å². The molecule has 0 fully saturated rings. The maximum absolute atomic E-state index is 5.52. The summed E-state index contributed by atoms with van der Waals surface area (Å²) in [5, 5.41) is 5.35. The van der Waals surface area contributed by atoms with E-state index in [4.69, 9.17) is 9.47 Å². The topological polar surface area (TPSA) is 30.5 Å². The predicted octanol–water partition coefficient (Wildman–Crippen LogP) is 1.89. The van der Waals surface area contributed by atoms with Gasteiger partial charge < -0.3 is 14.8 Å². The summed E-state index contributed by atoms with van der Waals surface area (Å²) < 4.78 is 10.4. The van der Waals surface area contributed by atoms with E-state index < -0.39 is 0 Å². The van der Waals surface area contributed by atoms with Gasteiger partial charge in [0.1, 0.15) is 0 Å². The number of thiophene rings is 1. The van der Waals surface area contributed by atoms with Gasteiger partial charge in [0.2, 0.25) is 0 Å². The molecule has 4 heteroatoms. The lowest BCUT2D eigenvalue weighted by Gasteiger charge is -2.04. The first-order chi connectivity index (χ1) is 7.43. The number of hydrogen-bond donors (Lipinski definition) is 1. The second-order valence-corrected chi connectivity index (χ2v) is 4.26. The van der Waals surface area contributed by atoms with E-state index in [0.29, 0.717) is 0 Å². The van der Waals surface area contributed by atoms with Gasteiger partial charge in [-0.05, 0) is 24.4 Å². The lowest BCUT2D eigenvalue weighted by atomic mass is 10.4. The van der Waals surface area contributed by atoms with Crippen LogP contribution in [0.2, 0.25) is 0 Å². The van der Waals surface area contributed by atoms with Crippen LogP contribution in [-0.4, -0.2) is 33.4 Å². The Kier molecular flexibility index (Phi) is 7.47. The molecule has 0 aliphatic heterocycles. The molecule has 0 radical (unpaired) electrons. The van der Waals surface area contributed by atoms with E-state index >= 15 is 0 Å². The highest BCUT2D eigenvalue weighted by molar-refractivity contribution is 7.09. The fourth-order valence-electron chi connectivity index (χ4n) is 1.17. The molecule has 0 bridgehead atoms. The molecule has 0 saturated heterocycles. The molecule has 1 aromatic heterocycles. The first kappa shape index (κ1) is 12.6. The van der Waals surface area contributed by atoms with E-state index in [2.05, 4.69) is 22.8 Å². The van der Waals surface area contributed by atoms with Gasteiger partial charge in [-0.2, -0.15) is 0 Å². The lowest BCUT2D eigenvalue weighted by molar-refractivity contribution is 0.119. The summed E-state index contributed by atoms with van der Waals surface area (Å²) in [5.41, 5.74) is 0. The van der Waals surface area contributed by atoms with E-state index in [1.165, 1.54) is 4.88 Å².